The van der Waals surface area contributed by atoms with Gasteiger partial charge in [-0.05, 0) is 18.6 Å². The Morgan fingerprint density at radius 3 is 3.06 bits per heavy atom. The molecule has 0 saturated carbocycles. The van der Waals surface area contributed by atoms with Gasteiger partial charge >= 0.3 is 5.97 Å². The lowest BCUT2D eigenvalue weighted by atomic mass is 10.1. The fraction of sp³-hybridized carbons (Fsp3) is 0.417. The summed E-state index contributed by atoms with van der Waals surface area (Å²) in [6.07, 6.45) is 2.73. The smallest absolute Gasteiger partial charge is 0.334 e. The summed E-state index contributed by atoms with van der Waals surface area (Å²) in [5.41, 5.74) is 0.683. The molecule has 0 spiro atoms. The molecule has 1 atom stereocenters. The minimum absolute atomic E-state index is 0.276. The molecule has 0 aliphatic carbocycles. The number of rotatable bonds is 3. The Labute approximate surface area is 93.6 Å². The first-order chi connectivity index (χ1) is 7.70. The Bertz CT molecular complexity index is 406. The summed E-state index contributed by atoms with van der Waals surface area (Å²) in [7, 11) is 0. The van der Waals surface area contributed by atoms with Crippen LogP contribution in [0.4, 0.5) is 10.1 Å². The van der Waals surface area contributed by atoms with Crippen molar-refractivity contribution in [2.75, 3.05) is 5.32 Å². The maximum atomic E-state index is 12.9. The molecule has 1 heterocycles. The number of halogens is 1. The highest BCUT2D eigenvalue weighted by Crippen LogP contribution is 2.30. The van der Waals surface area contributed by atoms with Crippen molar-refractivity contribution in [1.82, 2.24) is 0 Å². The summed E-state index contributed by atoms with van der Waals surface area (Å²) < 4.78 is 18.0. The van der Waals surface area contributed by atoms with Crippen LogP contribution in [-0.2, 0) is 4.79 Å². The maximum Gasteiger partial charge on any atom is 0.334 e. The summed E-state index contributed by atoms with van der Waals surface area (Å²) in [5.74, 6) is -0.454. The summed E-state index contributed by atoms with van der Waals surface area (Å²) in [6.45, 7) is 2.07. The van der Waals surface area contributed by atoms with Gasteiger partial charge in [-0.2, -0.15) is 0 Å². The van der Waals surface area contributed by atoms with Gasteiger partial charge in [0.05, 0.1) is 5.69 Å². The van der Waals surface area contributed by atoms with E-state index in [1.807, 2.05) is 0 Å². The van der Waals surface area contributed by atoms with Gasteiger partial charge in [0.25, 0.3) is 0 Å². The standard InChI is InChI=1S/C12H14FNO2/c1-2-3-4-10-12(15)16-11-7-8(13)5-6-9(11)14-10/h5-7,10,14H,2-4H2,1H3/t10-/m1/s1. The Balaban J connectivity index is 2.15. The van der Waals surface area contributed by atoms with Crippen LogP contribution in [0.3, 0.4) is 0 Å². The molecule has 3 nitrogen and oxygen atoms in total. The molecule has 1 aliphatic heterocycles. The second-order valence-electron chi connectivity index (χ2n) is 3.90. The molecule has 1 aromatic carbocycles. The molecule has 0 radical (unpaired) electrons. The minimum Gasteiger partial charge on any atom is -0.423 e. The molecule has 0 unspecified atom stereocenters. The Morgan fingerprint density at radius 1 is 1.50 bits per heavy atom. The van der Waals surface area contributed by atoms with E-state index >= 15 is 0 Å². The summed E-state index contributed by atoms with van der Waals surface area (Å²) in [6, 6.07) is 3.85. The number of ether oxygens (including phenoxy) is 1. The van der Waals surface area contributed by atoms with E-state index in [9.17, 15) is 9.18 Å². The molecule has 2 rings (SSSR count). The number of carbonyl (C=O) groups is 1. The monoisotopic (exact) mass is 223 g/mol. The third kappa shape index (κ3) is 2.15. The van der Waals surface area contributed by atoms with Crippen molar-refractivity contribution in [3.63, 3.8) is 0 Å². The highest BCUT2D eigenvalue weighted by molar-refractivity contribution is 5.86. The number of nitrogens with one attached hydrogen (secondary N) is 1. The molecule has 16 heavy (non-hydrogen) atoms. The van der Waals surface area contributed by atoms with E-state index in [0.717, 1.165) is 19.3 Å². The number of esters is 1. The number of unbranched alkanes of at least 4 members (excludes halogenated alkanes) is 1. The van der Waals surface area contributed by atoms with Crippen molar-refractivity contribution in [3.05, 3.63) is 24.0 Å². The zero-order valence-corrected chi connectivity index (χ0v) is 9.13. The molecule has 1 aromatic rings. The van der Waals surface area contributed by atoms with Crippen molar-refractivity contribution in [1.29, 1.82) is 0 Å². The Hall–Kier alpha value is -1.58. The zero-order chi connectivity index (χ0) is 11.5. The second-order valence-corrected chi connectivity index (χ2v) is 3.90. The lowest BCUT2D eigenvalue weighted by Gasteiger charge is -2.25. The van der Waals surface area contributed by atoms with Gasteiger partial charge in [-0.3, -0.25) is 0 Å². The van der Waals surface area contributed by atoms with Crippen molar-refractivity contribution < 1.29 is 13.9 Å². The fourth-order valence-corrected chi connectivity index (χ4v) is 1.72. The maximum absolute atomic E-state index is 12.9. The van der Waals surface area contributed by atoms with Crippen LogP contribution in [0.15, 0.2) is 18.2 Å². The van der Waals surface area contributed by atoms with Crippen LogP contribution in [0.5, 0.6) is 5.75 Å². The Morgan fingerprint density at radius 2 is 2.31 bits per heavy atom. The molecule has 1 N–H and O–H groups in total. The van der Waals surface area contributed by atoms with E-state index in [1.54, 1.807) is 6.07 Å². The summed E-state index contributed by atoms with van der Waals surface area (Å²) in [5, 5.41) is 3.07. The first-order valence-electron chi connectivity index (χ1n) is 5.48. The van der Waals surface area contributed by atoms with Crippen LogP contribution >= 0.6 is 0 Å². The van der Waals surface area contributed by atoms with E-state index in [0.29, 0.717) is 5.69 Å². The molecule has 1 aliphatic rings. The summed E-state index contributed by atoms with van der Waals surface area (Å²) >= 11 is 0. The average molecular weight is 223 g/mol. The molecular formula is C12H14FNO2. The number of anilines is 1. The van der Waals surface area contributed by atoms with Crippen molar-refractivity contribution >= 4 is 11.7 Å². The fourth-order valence-electron chi connectivity index (χ4n) is 1.72. The van der Waals surface area contributed by atoms with Gasteiger partial charge in [-0.25, -0.2) is 9.18 Å². The van der Waals surface area contributed by atoms with Crippen molar-refractivity contribution in [3.8, 4) is 5.75 Å². The molecule has 0 bridgehead atoms. The van der Waals surface area contributed by atoms with Crippen LogP contribution in [0.1, 0.15) is 26.2 Å². The van der Waals surface area contributed by atoms with E-state index in [4.69, 9.17) is 4.74 Å². The van der Waals surface area contributed by atoms with E-state index in [-0.39, 0.29) is 17.8 Å². The topological polar surface area (TPSA) is 38.3 Å². The number of benzene rings is 1. The van der Waals surface area contributed by atoms with Crippen LogP contribution < -0.4 is 10.1 Å². The first-order valence-corrected chi connectivity index (χ1v) is 5.48. The Kier molecular flexibility index (Phi) is 3.08. The second kappa shape index (κ2) is 4.51. The van der Waals surface area contributed by atoms with Gasteiger partial charge in [0.15, 0.2) is 5.75 Å². The zero-order valence-electron chi connectivity index (χ0n) is 9.13. The van der Waals surface area contributed by atoms with Crippen LogP contribution in [0, 0.1) is 5.82 Å². The summed E-state index contributed by atoms with van der Waals surface area (Å²) in [4.78, 5) is 11.6. The third-order valence-corrected chi connectivity index (χ3v) is 2.61. The quantitative estimate of drug-likeness (QED) is 0.632. The van der Waals surface area contributed by atoms with Crippen molar-refractivity contribution in [2.24, 2.45) is 0 Å². The SMILES string of the molecule is CCCC[C@H]1Nc2ccc(F)cc2OC1=O. The van der Waals surface area contributed by atoms with E-state index < -0.39 is 5.82 Å². The van der Waals surface area contributed by atoms with Crippen LogP contribution in [-0.4, -0.2) is 12.0 Å². The normalized spacial score (nSPS) is 18.6. The van der Waals surface area contributed by atoms with E-state index in [2.05, 4.69) is 12.2 Å². The number of fused-ring (bicyclic) bond motifs is 1. The first kappa shape index (κ1) is 10.9. The minimum atomic E-state index is -0.402. The highest BCUT2D eigenvalue weighted by atomic mass is 19.1. The molecule has 0 aromatic heterocycles. The molecule has 4 heteroatoms. The van der Waals surface area contributed by atoms with Crippen LogP contribution in [0.2, 0.25) is 0 Å². The lowest BCUT2D eigenvalue weighted by molar-refractivity contribution is -0.136. The highest BCUT2D eigenvalue weighted by Gasteiger charge is 2.27. The largest absolute Gasteiger partial charge is 0.423 e. The van der Waals surface area contributed by atoms with Gasteiger partial charge in [0, 0.05) is 6.07 Å². The van der Waals surface area contributed by atoms with Gasteiger partial charge in [-0.1, -0.05) is 19.8 Å². The van der Waals surface area contributed by atoms with E-state index in [1.165, 1.54) is 12.1 Å². The van der Waals surface area contributed by atoms with Gasteiger partial charge in [0.1, 0.15) is 11.9 Å². The predicted octanol–water partition coefficient (Wildman–Crippen LogP) is 2.72. The number of hydrogen-bond acceptors (Lipinski definition) is 3. The lowest BCUT2D eigenvalue weighted by Crippen LogP contribution is -2.37. The molecule has 0 fully saturated rings. The third-order valence-electron chi connectivity index (χ3n) is 2.61. The molecule has 0 amide bonds. The predicted molar refractivity (Wildman–Crippen MR) is 59.0 cm³/mol. The van der Waals surface area contributed by atoms with Crippen molar-refractivity contribution in [2.45, 2.75) is 32.2 Å². The average Bonchev–Trinajstić information content (AvgIpc) is 2.26. The van der Waals surface area contributed by atoms with Gasteiger partial charge in [0.2, 0.25) is 0 Å². The molecular weight excluding hydrogens is 209 g/mol. The molecule has 0 saturated heterocycles. The number of hydrogen-bond donors (Lipinski definition) is 1. The molecule has 86 valence electrons. The van der Waals surface area contributed by atoms with Crippen LogP contribution in [0.25, 0.3) is 0 Å². The van der Waals surface area contributed by atoms with Gasteiger partial charge in [-0.15, -0.1) is 0 Å². The van der Waals surface area contributed by atoms with Gasteiger partial charge < -0.3 is 10.1 Å². The number of carbonyl (C=O) groups excluding carboxylic acids is 1.